The summed E-state index contributed by atoms with van der Waals surface area (Å²) in [5, 5.41) is 0.623. The van der Waals surface area contributed by atoms with E-state index in [1.807, 2.05) is 6.92 Å². The Hall–Kier alpha value is -3.37. The van der Waals surface area contributed by atoms with Crippen molar-refractivity contribution in [1.29, 1.82) is 0 Å². The molecule has 11 heteroatoms. The number of carbonyl (C=O) groups excluding carboxylic acids is 1. The van der Waals surface area contributed by atoms with Crippen molar-refractivity contribution in [3.05, 3.63) is 71.6 Å². The van der Waals surface area contributed by atoms with Crippen LogP contribution in [0.1, 0.15) is 13.9 Å². The van der Waals surface area contributed by atoms with Crippen LogP contribution >= 0.6 is 11.6 Å². The largest absolute Gasteiger partial charge is 0.481 e. The Morgan fingerprint density at radius 3 is 2.46 bits per heavy atom. The molecular weight excluding hydrogens is 490 g/mol. The number of rotatable bonds is 7. The number of nitrogens with zero attached hydrogens (tertiary/aromatic N) is 4. The minimum absolute atomic E-state index is 0. The van der Waals surface area contributed by atoms with Crippen molar-refractivity contribution in [1.82, 2.24) is 14.9 Å². The zero-order chi connectivity index (χ0) is 25.0. The third-order valence-electron chi connectivity index (χ3n) is 5.71. The number of anilines is 2. The zero-order valence-corrected chi connectivity index (χ0v) is 21.0. The molecule has 0 spiro atoms. The molecule has 35 heavy (non-hydrogen) atoms. The first-order chi connectivity index (χ1) is 16.7. The standard InChI is InChI=1S/C24H26ClN5O4S.H2/c1-17-15-19(25)3-8-22(17)34-18(2)24(31)30-13-11-29(12-14-30)20-4-6-21(7-5-20)35(32,33)28-23-9-10-26-16-27-23;/h3-10,15-16,18H,11-14H2,1-2H3,(H,26,27,28);1H. The lowest BCUT2D eigenvalue weighted by Crippen LogP contribution is -2.52. The highest BCUT2D eigenvalue weighted by Gasteiger charge is 2.27. The fraction of sp³-hybridized carbons (Fsp3) is 0.292. The first-order valence-electron chi connectivity index (χ1n) is 11.1. The van der Waals surface area contributed by atoms with Crippen LogP contribution in [-0.2, 0) is 14.8 Å². The third-order valence-corrected chi connectivity index (χ3v) is 7.32. The van der Waals surface area contributed by atoms with Gasteiger partial charge in [-0.05, 0) is 67.9 Å². The van der Waals surface area contributed by atoms with Gasteiger partial charge in [0.1, 0.15) is 17.9 Å². The van der Waals surface area contributed by atoms with Gasteiger partial charge in [-0.2, -0.15) is 0 Å². The van der Waals surface area contributed by atoms with E-state index < -0.39 is 16.1 Å². The fourth-order valence-electron chi connectivity index (χ4n) is 3.81. The van der Waals surface area contributed by atoms with Crippen molar-refractivity contribution < 1.29 is 19.4 Å². The molecule has 1 fully saturated rings. The van der Waals surface area contributed by atoms with Crippen LogP contribution in [0.3, 0.4) is 0 Å². The molecule has 1 aromatic heterocycles. The van der Waals surface area contributed by atoms with E-state index in [2.05, 4.69) is 19.6 Å². The van der Waals surface area contributed by atoms with E-state index in [-0.39, 0.29) is 18.0 Å². The van der Waals surface area contributed by atoms with Crippen molar-refractivity contribution in [2.24, 2.45) is 0 Å². The molecule has 1 amide bonds. The molecule has 0 bridgehead atoms. The highest BCUT2D eigenvalue weighted by atomic mass is 35.5. The summed E-state index contributed by atoms with van der Waals surface area (Å²) < 4.78 is 33.5. The molecule has 0 aliphatic carbocycles. The SMILES string of the molecule is Cc1cc(Cl)ccc1OC(C)C(=O)N1CCN(c2ccc(S(=O)(=O)Nc3ccncn3)cc2)CC1.[HH]. The quantitative estimate of drug-likeness (QED) is 0.510. The summed E-state index contributed by atoms with van der Waals surface area (Å²) in [5.74, 6) is 0.767. The lowest BCUT2D eigenvalue weighted by atomic mass is 10.2. The van der Waals surface area contributed by atoms with E-state index >= 15 is 0 Å². The number of carbonyl (C=O) groups is 1. The number of amides is 1. The topological polar surface area (TPSA) is 105 Å². The number of hydrogen-bond acceptors (Lipinski definition) is 7. The molecule has 1 saturated heterocycles. The second-order valence-corrected chi connectivity index (χ2v) is 10.3. The monoisotopic (exact) mass is 517 g/mol. The average Bonchev–Trinajstić information content (AvgIpc) is 2.86. The van der Waals surface area contributed by atoms with Gasteiger partial charge in [-0.15, -0.1) is 0 Å². The highest BCUT2D eigenvalue weighted by molar-refractivity contribution is 7.92. The normalized spacial score (nSPS) is 14.9. The smallest absolute Gasteiger partial charge is 0.263 e. The maximum absolute atomic E-state index is 12.9. The number of aryl methyl sites for hydroxylation is 1. The molecule has 1 aliphatic heterocycles. The van der Waals surface area contributed by atoms with Gasteiger partial charge in [0.15, 0.2) is 6.10 Å². The van der Waals surface area contributed by atoms with Gasteiger partial charge >= 0.3 is 0 Å². The maximum atomic E-state index is 12.9. The van der Waals surface area contributed by atoms with Crippen molar-refractivity contribution in [3.63, 3.8) is 0 Å². The number of aromatic nitrogens is 2. The predicted molar refractivity (Wildman–Crippen MR) is 136 cm³/mol. The van der Waals surface area contributed by atoms with E-state index in [1.165, 1.54) is 18.6 Å². The summed E-state index contributed by atoms with van der Waals surface area (Å²) in [6.07, 6.45) is 2.12. The van der Waals surface area contributed by atoms with Crippen LogP contribution < -0.4 is 14.4 Å². The number of sulfonamides is 1. The van der Waals surface area contributed by atoms with E-state index in [9.17, 15) is 13.2 Å². The number of nitrogens with one attached hydrogen (secondary N) is 1. The molecule has 1 atom stereocenters. The number of halogens is 1. The molecule has 2 heterocycles. The van der Waals surface area contributed by atoms with Gasteiger partial charge in [0.25, 0.3) is 15.9 Å². The second kappa shape index (κ2) is 10.5. The first-order valence-corrected chi connectivity index (χ1v) is 12.9. The van der Waals surface area contributed by atoms with E-state index in [0.717, 1.165) is 11.3 Å². The average molecular weight is 518 g/mol. The molecule has 2 aromatic carbocycles. The minimum Gasteiger partial charge on any atom is -0.481 e. The molecule has 3 aromatic rings. The third kappa shape index (κ3) is 6.01. The summed E-state index contributed by atoms with van der Waals surface area (Å²) in [6, 6.07) is 13.4. The molecule has 0 radical (unpaired) electrons. The van der Waals surface area contributed by atoms with Crippen LogP contribution in [0, 0.1) is 6.92 Å². The Balaban J connectivity index is 0.00000361. The Bertz CT molecular complexity index is 1290. The fourth-order valence-corrected chi connectivity index (χ4v) is 5.05. The summed E-state index contributed by atoms with van der Waals surface area (Å²) in [7, 11) is -3.75. The zero-order valence-electron chi connectivity index (χ0n) is 19.4. The van der Waals surface area contributed by atoms with Crippen molar-refractivity contribution in [3.8, 4) is 5.75 Å². The Labute approximate surface area is 211 Å². The first kappa shape index (κ1) is 24.7. The lowest BCUT2D eigenvalue weighted by Gasteiger charge is -2.37. The summed E-state index contributed by atoms with van der Waals surface area (Å²) in [6.45, 7) is 5.98. The van der Waals surface area contributed by atoms with Gasteiger partial charge < -0.3 is 14.5 Å². The molecule has 186 valence electrons. The maximum Gasteiger partial charge on any atom is 0.263 e. The molecular formula is C24H28ClN5O4S. The second-order valence-electron chi connectivity index (χ2n) is 8.18. The van der Waals surface area contributed by atoms with Crippen LogP contribution in [0.15, 0.2) is 66.0 Å². The van der Waals surface area contributed by atoms with Gasteiger partial charge in [0.05, 0.1) is 4.90 Å². The van der Waals surface area contributed by atoms with Gasteiger partial charge in [0.2, 0.25) is 0 Å². The molecule has 4 rings (SSSR count). The summed E-state index contributed by atoms with van der Waals surface area (Å²) in [5.41, 5.74) is 1.76. The number of hydrogen-bond donors (Lipinski definition) is 1. The molecule has 9 nitrogen and oxygen atoms in total. The van der Waals surface area contributed by atoms with Crippen LogP contribution in [-0.4, -0.2) is 61.5 Å². The lowest BCUT2D eigenvalue weighted by molar-refractivity contribution is -0.138. The number of ether oxygens (including phenoxy) is 1. The van der Waals surface area contributed by atoms with Crippen LogP contribution in [0.25, 0.3) is 0 Å². The number of benzene rings is 2. The van der Waals surface area contributed by atoms with Crippen LogP contribution in [0.4, 0.5) is 11.5 Å². The van der Waals surface area contributed by atoms with Gasteiger partial charge in [0, 0.05) is 44.5 Å². The van der Waals surface area contributed by atoms with Crippen molar-refractivity contribution in [2.75, 3.05) is 35.8 Å². The Kier molecular flexibility index (Phi) is 7.42. The van der Waals surface area contributed by atoms with E-state index in [1.54, 1.807) is 54.3 Å². The molecule has 1 N–H and O–H groups in total. The van der Waals surface area contributed by atoms with E-state index in [0.29, 0.717) is 37.0 Å². The minimum atomic E-state index is -3.75. The molecule has 0 saturated carbocycles. The van der Waals surface area contributed by atoms with Gasteiger partial charge in [-0.25, -0.2) is 18.4 Å². The van der Waals surface area contributed by atoms with Crippen molar-refractivity contribution in [2.45, 2.75) is 24.8 Å². The molecule has 1 aliphatic rings. The molecule has 1 unspecified atom stereocenters. The van der Waals surface area contributed by atoms with Crippen molar-refractivity contribution >= 4 is 39.0 Å². The van der Waals surface area contributed by atoms with Gasteiger partial charge in [-0.1, -0.05) is 11.6 Å². The summed E-state index contributed by atoms with van der Waals surface area (Å²) in [4.78, 5) is 24.6. The van der Waals surface area contributed by atoms with Gasteiger partial charge in [-0.3, -0.25) is 9.52 Å². The Morgan fingerprint density at radius 1 is 1.11 bits per heavy atom. The Morgan fingerprint density at radius 2 is 1.83 bits per heavy atom. The van der Waals surface area contributed by atoms with Crippen LogP contribution in [0.5, 0.6) is 5.75 Å². The van der Waals surface area contributed by atoms with E-state index in [4.69, 9.17) is 16.3 Å². The summed E-state index contributed by atoms with van der Waals surface area (Å²) >= 11 is 5.99. The van der Waals surface area contributed by atoms with Crippen LogP contribution in [0.2, 0.25) is 5.02 Å². The number of piperazine rings is 1. The highest BCUT2D eigenvalue weighted by Crippen LogP contribution is 2.24. The predicted octanol–water partition coefficient (Wildman–Crippen LogP) is 3.60.